The molecule has 160 valence electrons. The molecule has 4 atom stereocenters. The number of amides is 1. The van der Waals surface area contributed by atoms with Crippen LogP contribution in [0.25, 0.3) is 0 Å². The lowest BCUT2D eigenvalue weighted by atomic mass is 10.1. The predicted octanol–water partition coefficient (Wildman–Crippen LogP) is 2.68. The van der Waals surface area contributed by atoms with E-state index in [1.54, 1.807) is 0 Å². The van der Waals surface area contributed by atoms with Gasteiger partial charge in [0.1, 0.15) is 12.3 Å². The van der Waals surface area contributed by atoms with E-state index in [9.17, 15) is 14.7 Å². The Bertz CT molecular complexity index is 802. The average molecular weight is 412 g/mol. The third-order valence-corrected chi connectivity index (χ3v) is 5.06. The number of ether oxygens (including phenoxy) is 1. The van der Waals surface area contributed by atoms with Crippen molar-refractivity contribution in [2.75, 3.05) is 6.54 Å². The summed E-state index contributed by atoms with van der Waals surface area (Å²) >= 11 is 0. The first-order chi connectivity index (χ1) is 14.6. The van der Waals surface area contributed by atoms with Crippen LogP contribution >= 0.6 is 0 Å². The Kier molecular flexibility index (Phi) is 7.96. The number of rotatable bonds is 9. The van der Waals surface area contributed by atoms with Crippen molar-refractivity contribution in [3.8, 4) is 0 Å². The van der Waals surface area contributed by atoms with Crippen molar-refractivity contribution in [3.63, 3.8) is 0 Å². The minimum atomic E-state index is -1.10. The standard InChI is InChI=1S/C23H28N2O5/c1-17(12-13-26)16-24-23(28)30-25-20(14-18-8-4-2-5-9-18)22(27)29-21(25)15-19-10-6-3-7-11-19/h2-11,13,17,20-22,27H,12,14-16H2,1H3,(H,24,28). The molecule has 0 bridgehead atoms. The first-order valence-electron chi connectivity index (χ1n) is 10.2. The van der Waals surface area contributed by atoms with Crippen molar-refractivity contribution in [3.05, 3.63) is 71.8 Å². The van der Waals surface area contributed by atoms with Crippen molar-refractivity contribution in [2.24, 2.45) is 5.92 Å². The number of hydroxylamine groups is 2. The zero-order valence-electron chi connectivity index (χ0n) is 17.0. The van der Waals surface area contributed by atoms with Crippen LogP contribution < -0.4 is 5.32 Å². The molecule has 0 spiro atoms. The van der Waals surface area contributed by atoms with Gasteiger partial charge >= 0.3 is 6.09 Å². The molecule has 2 N–H and O–H groups in total. The normalized spacial score (nSPS) is 22.4. The van der Waals surface area contributed by atoms with Gasteiger partial charge < -0.3 is 24.8 Å². The molecular weight excluding hydrogens is 384 g/mol. The van der Waals surface area contributed by atoms with Crippen molar-refractivity contribution < 1.29 is 24.3 Å². The summed E-state index contributed by atoms with van der Waals surface area (Å²) in [5.41, 5.74) is 2.00. The van der Waals surface area contributed by atoms with E-state index in [4.69, 9.17) is 9.57 Å². The summed E-state index contributed by atoms with van der Waals surface area (Å²) in [7, 11) is 0. The SMILES string of the molecule is CC(CC=O)CNC(=O)ON1C(Cc2ccccc2)OC(O)C1Cc1ccccc1. The Balaban J connectivity index is 1.71. The third kappa shape index (κ3) is 6.13. The van der Waals surface area contributed by atoms with E-state index in [1.807, 2.05) is 67.6 Å². The maximum atomic E-state index is 12.4. The number of carbonyl (C=O) groups excluding carboxylic acids is 2. The highest BCUT2D eigenvalue weighted by molar-refractivity contribution is 5.66. The fourth-order valence-corrected chi connectivity index (χ4v) is 3.41. The molecule has 1 amide bonds. The van der Waals surface area contributed by atoms with Crippen molar-refractivity contribution in [1.29, 1.82) is 0 Å². The maximum absolute atomic E-state index is 12.4. The fraction of sp³-hybridized carbons (Fsp3) is 0.391. The molecule has 0 saturated carbocycles. The molecule has 1 heterocycles. The van der Waals surface area contributed by atoms with Crippen LogP contribution in [0.15, 0.2) is 60.7 Å². The molecule has 3 rings (SSSR count). The second-order valence-corrected chi connectivity index (χ2v) is 7.56. The number of hydrogen-bond acceptors (Lipinski definition) is 6. The summed E-state index contributed by atoms with van der Waals surface area (Å²) in [5, 5.41) is 14.7. The highest BCUT2D eigenvalue weighted by Gasteiger charge is 2.44. The number of hydrogen-bond donors (Lipinski definition) is 2. The van der Waals surface area contributed by atoms with Gasteiger partial charge in [0.15, 0.2) is 12.5 Å². The van der Waals surface area contributed by atoms with Gasteiger partial charge in [-0.1, -0.05) is 67.6 Å². The van der Waals surface area contributed by atoms with Crippen LogP contribution in [0.3, 0.4) is 0 Å². The van der Waals surface area contributed by atoms with Gasteiger partial charge in [-0.25, -0.2) is 4.79 Å². The minimum Gasteiger partial charge on any atom is -0.366 e. The summed E-state index contributed by atoms with van der Waals surface area (Å²) in [6.07, 6.45) is -0.246. The molecule has 1 aliphatic heterocycles. The molecule has 7 nitrogen and oxygen atoms in total. The zero-order chi connectivity index (χ0) is 21.3. The van der Waals surface area contributed by atoms with Crippen molar-refractivity contribution in [1.82, 2.24) is 10.4 Å². The molecule has 0 radical (unpaired) electrons. The number of nitrogens with one attached hydrogen (secondary N) is 1. The van der Waals surface area contributed by atoms with E-state index >= 15 is 0 Å². The van der Waals surface area contributed by atoms with Crippen molar-refractivity contribution in [2.45, 2.75) is 44.7 Å². The quantitative estimate of drug-likeness (QED) is 0.616. The van der Waals surface area contributed by atoms with Gasteiger partial charge in [-0.05, 0) is 23.5 Å². The van der Waals surface area contributed by atoms with E-state index in [-0.39, 0.29) is 5.92 Å². The largest absolute Gasteiger partial charge is 0.426 e. The van der Waals surface area contributed by atoms with Crippen LogP contribution in [0, 0.1) is 5.92 Å². The van der Waals surface area contributed by atoms with Gasteiger partial charge in [-0.3, -0.25) is 0 Å². The number of carbonyl (C=O) groups is 2. The number of nitrogens with zero attached hydrogens (tertiary/aromatic N) is 1. The zero-order valence-corrected chi connectivity index (χ0v) is 17.0. The van der Waals surface area contributed by atoms with Gasteiger partial charge in [-0.15, -0.1) is 5.06 Å². The van der Waals surface area contributed by atoms with Gasteiger partial charge in [0, 0.05) is 19.4 Å². The Labute approximate surface area is 176 Å². The molecule has 1 fully saturated rings. The topological polar surface area (TPSA) is 88.1 Å². The first-order valence-corrected chi connectivity index (χ1v) is 10.2. The second-order valence-electron chi connectivity index (χ2n) is 7.56. The Hall–Kier alpha value is -2.74. The van der Waals surface area contributed by atoms with E-state index in [1.165, 1.54) is 5.06 Å². The smallest absolute Gasteiger partial charge is 0.366 e. The van der Waals surface area contributed by atoms with Crippen LogP contribution in [0.1, 0.15) is 24.5 Å². The molecule has 0 aliphatic carbocycles. The molecule has 1 aliphatic rings. The number of benzene rings is 2. The molecule has 1 saturated heterocycles. The highest BCUT2D eigenvalue weighted by atomic mass is 16.8. The van der Waals surface area contributed by atoms with E-state index in [0.29, 0.717) is 25.8 Å². The Morgan fingerprint density at radius 1 is 1.13 bits per heavy atom. The lowest BCUT2D eigenvalue weighted by Crippen LogP contribution is -2.45. The van der Waals surface area contributed by atoms with E-state index in [0.717, 1.165) is 17.4 Å². The van der Waals surface area contributed by atoms with Gasteiger partial charge in [-0.2, -0.15) is 0 Å². The molecular formula is C23H28N2O5. The molecule has 0 aromatic heterocycles. The Morgan fingerprint density at radius 2 is 1.73 bits per heavy atom. The third-order valence-electron chi connectivity index (χ3n) is 5.06. The van der Waals surface area contributed by atoms with Gasteiger partial charge in [0.25, 0.3) is 0 Å². The van der Waals surface area contributed by atoms with Gasteiger partial charge in [0.2, 0.25) is 0 Å². The van der Waals surface area contributed by atoms with Crippen molar-refractivity contribution >= 4 is 12.4 Å². The summed E-state index contributed by atoms with van der Waals surface area (Å²) < 4.78 is 5.76. The molecule has 2 aromatic carbocycles. The number of aliphatic hydroxyl groups is 1. The van der Waals surface area contributed by atoms with Crippen LogP contribution in [-0.2, 0) is 27.2 Å². The van der Waals surface area contributed by atoms with Crippen LogP contribution in [0.2, 0.25) is 0 Å². The predicted molar refractivity (Wildman–Crippen MR) is 111 cm³/mol. The highest BCUT2D eigenvalue weighted by Crippen LogP contribution is 2.28. The van der Waals surface area contributed by atoms with Crippen LogP contribution in [0.5, 0.6) is 0 Å². The maximum Gasteiger partial charge on any atom is 0.426 e. The monoisotopic (exact) mass is 412 g/mol. The second kappa shape index (κ2) is 10.9. The number of aliphatic hydroxyl groups excluding tert-OH is 1. The molecule has 4 unspecified atom stereocenters. The summed E-state index contributed by atoms with van der Waals surface area (Å²) in [6, 6.07) is 18.8. The average Bonchev–Trinajstić information content (AvgIpc) is 3.02. The minimum absolute atomic E-state index is 0.00991. The Morgan fingerprint density at radius 3 is 2.33 bits per heavy atom. The summed E-state index contributed by atoms with van der Waals surface area (Å²) in [5.74, 6) is 0.00991. The van der Waals surface area contributed by atoms with Crippen LogP contribution in [0.4, 0.5) is 4.79 Å². The van der Waals surface area contributed by atoms with Crippen LogP contribution in [-0.4, -0.2) is 47.7 Å². The number of aldehydes is 1. The van der Waals surface area contributed by atoms with Gasteiger partial charge in [0.05, 0.1) is 0 Å². The fourth-order valence-electron chi connectivity index (χ4n) is 3.41. The first kappa shape index (κ1) is 22.0. The van der Waals surface area contributed by atoms with E-state index in [2.05, 4.69) is 5.32 Å². The lowest BCUT2D eigenvalue weighted by Gasteiger charge is -2.26. The molecule has 7 heteroatoms. The summed E-state index contributed by atoms with van der Waals surface area (Å²) in [4.78, 5) is 28.6. The summed E-state index contributed by atoms with van der Waals surface area (Å²) in [6.45, 7) is 2.19. The van der Waals surface area contributed by atoms with E-state index < -0.39 is 24.7 Å². The molecule has 30 heavy (non-hydrogen) atoms. The lowest BCUT2D eigenvalue weighted by molar-refractivity contribution is -0.174. The molecule has 2 aromatic rings.